The maximum Gasteiger partial charge on any atom is 0.343 e. The molecule has 3 rings (SSSR count). The van der Waals surface area contributed by atoms with E-state index in [1.54, 1.807) is 0 Å². The zero-order valence-corrected chi connectivity index (χ0v) is 18.0. The summed E-state index contributed by atoms with van der Waals surface area (Å²) in [6.07, 6.45) is 1.54. The third-order valence-corrected chi connectivity index (χ3v) is 5.16. The number of esters is 1. The number of nitrogens with zero attached hydrogens (tertiary/aromatic N) is 2. The van der Waals surface area contributed by atoms with E-state index in [0.29, 0.717) is 13.0 Å². The molecule has 1 aromatic heterocycles. The van der Waals surface area contributed by atoms with Gasteiger partial charge in [0.25, 0.3) is 11.2 Å². The smallest absolute Gasteiger partial charge is 0.343 e. The van der Waals surface area contributed by atoms with Crippen LogP contribution >= 0.6 is 0 Å². The van der Waals surface area contributed by atoms with Crippen molar-refractivity contribution in [1.82, 2.24) is 9.88 Å². The van der Waals surface area contributed by atoms with Gasteiger partial charge in [-0.25, -0.2) is 4.79 Å². The Labute approximate surface area is 189 Å². The van der Waals surface area contributed by atoms with E-state index >= 15 is 0 Å². The van der Waals surface area contributed by atoms with Gasteiger partial charge in [0.15, 0.2) is 0 Å². The van der Waals surface area contributed by atoms with E-state index in [0.717, 1.165) is 35.1 Å². The van der Waals surface area contributed by atoms with Crippen molar-refractivity contribution >= 4 is 17.6 Å². The van der Waals surface area contributed by atoms with E-state index in [1.807, 2.05) is 60.7 Å². The summed E-state index contributed by atoms with van der Waals surface area (Å²) in [7, 11) is 1.06. The van der Waals surface area contributed by atoms with Gasteiger partial charge in [-0.05, 0) is 17.5 Å². The molecule has 0 saturated heterocycles. The average molecular weight is 449 g/mol. The lowest BCUT2D eigenvalue weighted by Gasteiger charge is -2.18. The minimum Gasteiger partial charge on any atom is -0.465 e. The summed E-state index contributed by atoms with van der Waals surface area (Å²) < 4.78 is 5.35. The number of rotatable bonds is 9. The largest absolute Gasteiger partial charge is 0.465 e. The Bertz CT molecular complexity index is 1150. The van der Waals surface area contributed by atoms with Crippen LogP contribution in [0.4, 0.5) is 5.69 Å². The van der Waals surface area contributed by atoms with Crippen molar-refractivity contribution in [2.75, 3.05) is 13.7 Å². The lowest BCUT2D eigenvalue weighted by molar-refractivity contribution is -0.385. The van der Waals surface area contributed by atoms with E-state index in [9.17, 15) is 24.5 Å². The second kappa shape index (κ2) is 10.9. The lowest BCUT2D eigenvalue weighted by atomic mass is 9.88. The van der Waals surface area contributed by atoms with Gasteiger partial charge in [0, 0.05) is 18.5 Å². The molecule has 0 spiro atoms. The summed E-state index contributed by atoms with van der Waals surface area (Å²) >= 11 is 0. The fourth-order valence-electron chi connectivity index (χ4n) is 3.56. The molecule has 33 heavy (non-hydrogen) atoms. The van der Waals surface area contributed by atoms with Crippen LogP contribution in [0.15, 0.2) is 77.7 Å². The van der Waals surface area contributed by atoms with Crippen LogP contribution in [0.25, 0.3) is 0 Å². The Morgan fingerprint density at radius 3 is 2.15 bits per heavy atom. The van der Waals surface area contributed by atoms with Crippen LogP contribution in [-0.4, -0.2) is 35.0 Å². The zero-order valence-electron chi connectivity index (χ0n) is 18.0. The van der Waals surface area contributed by atoms with Gasteiger partial charge < -0.3 is 10.1 Å². The number of carbonyl (C=O) groups excluding carboxylic acids is 2. The number of hydrogen-bond acceptors (Lipinski definition) is 6. The molecule has 0 unspecified atom stereocenters. The van der Waals surface area contributed by atoms with Crippen molar-refractivity contribution in [3.8, 4) is 0 Å². The van der Waals surface area contributed by atoms with E-state index in [-0.39, 0.29) is 5.92 Å². The third-order valence-electron chi connectivity index (χ3n) is 5.16. The van der Waals surface area contributed by atoms with E-state index in [4.69, 9.17) is 0 Å². The molecular weight excluding hydrogens is 426 g/mol. The number of pyridine rings is 1. The van der Waals surface area contributed by atoms with Crippen molar-refractivity contribution in [3.05, 3.63) is 110 Å². The quantitative estimate of drug-likeness (QED) is 0.305. The molecule has 9 nitrogen and oxygen atoms in total. The Morgan fingerprint density at radius 2 is 1.64 bits per heavy atom. The van der Waals surface area contributed by atoms with Crippen molar-refractivity contribution in [2.45, 2.75) is 18.9 Å². The molecule has 0 fully saturated rings. The van der Waals surface area contributed by atoms with E-state index < -0.39 is 40.2 Å². The number of nitro groups is 1. The number of methoxy groups -OCH3 is 1. The second-order valence-electron chi connectivity index (χ2n) is 7.31. The maximum atomic E-state index is 12.5. The third kappa shape index (κ3) is 5.91. The number of aromatic nitrogens is 1. The molecule has 0 radical (unpaired) electrons. The molecule has 1 N–H and O–H groups in total. The standard InChI is InChI=1S/C24H23N3O6/c1-33-24(30)21-14-19(27(31)32)15-26(23(21)29)16-22(28)25-13-12-20(17-8-4-2-5-9-17)18-10-6-3-7-11-18/h2-11,14-15,20H,12-13,16H2,1H3,(H,25,28). The number of nitrogens with one attached hydrogen (secondary N) is 1. The van der Waals surface area contributed by atoms with Gasteiger partial charge in [0.1, 0.15) is 12.1 Å². The Balaban J connectivity index is 1.72. The van der Waals surface area contributed by atoms with Gasteiger partial charge in [0.05, 0.1) is 18.2 Å². The average Bonchev–Trinajstić information content (AvgIpc) is 2.83. The van der Waals surface area contributed by atoms with Gasteiger partial charge in [-0.15, -0.1) is 0 Å². The summed E-state index contributed by atoms with van der Waals surface area (Å²) in [6.45, 7) is -0.146. The Hall–Kier alpha value is -4.27. The maximum absolute atomic E-state index is 12.5. The highest BCUT2D eigenvalue weighted by Crippen LogP contribution is 2.27. The summed E-state index contributed by atoms with van der Waals surface area (Å²) in [5.74, 6) is -1.46. The molecule has 0 aliphatic heterocycles. The summed E-state index contributed by atoms with van der Waals surface area (Å²) in [4.78, 5) is 47.2. The lowest BCUT2D eigenvalue weighted by Crippen LogP contribution is -2.35. The van der Waals surface area contributed by atoms with Crippen molar-refractivity contribution in [3.63, 3.8) is 0 Å². The molecule has 0 aliphatic rings. The normalized spacial score (nSPS) is 10.6. The first-order valence-corrected chi connectivity index (χ1v) is 10.2. The molecule has 0 aliphatic carbocycles. The summed E-state index contributed by atoms with van der Waals surface area (Å²) in [5.41, 5.74) is 0.379. The highest BCUT2D eigenvalue weighted by atomic mass is 16.6. The molecule has 170 valence electrons. The van der Waals surface area contributed by atoms with Crippen LogP contribution in [0.1, 0.15) is 33.8 Å². The van der Waals surface area contributed by atoms with Crippen molar-refractivity contribution in [1.29, 1.82) is 0 Å². The van der Waals surface area contributed by atoms with Crippen molar-refractivity contribution in [2.24, 2.45) is 0 Å². The Kier molecular flexibility index (Phi) is 7.69. The molecule has 1 amide bonds. The van der Waals surface area contributed by atoms with Crippen LogP contribution in [0.5, 0.6) is 0 Å². The fraction of sp³-hybridized carbons (Fsp3) is 0.208. The molecular formula is C24H23N3O6. The summed E-state index contributed by atoms with van der Waals surface area (Å²) in [6, 6.07) is 20.6. The first-order valence-electron chi connectivity index (χ1n) is 10.2. The first-order chi connectivity index (χ1) is 15.9. The first kappa shape index (κ1) is 23.4. The topological polar surface area (TPSA) is 121 Å². The molecule has 3 aromatic rings. The van der Waals surface area contributed by atoms with E-state index in [1.165, 1.54) is 0 Å². The van der Waals surface area contributed by atoms with Gasteiger partial charge >= 0.3 is 5.97 Å². The predicted octanol–water partition coefficient (Wildman–Crippen LogP) is 2.88. The number of benzene rings is 2. The molecule has 2 aromatic carbocycles. The minimum atomic E-state index is -1.01. The number of carbonyl (C=O) groups is 2. The van der Waals surface area contributed by atoms with E-state index in [2.05, 4.69) is 10.1 Å². The van der Waals surface area contributed by atoms with Crippen LogP contribution < -0.4 is 10.9 Å². The molecule has 0 saturated carbocycles. The van der Waals surface area contributed by atoms with Gasteiger partial charge in [0.2, 0.25) is 5.91 Å². The van der Waals surface area contributed by atoms with Gasteiger partial charge in [-0.3, -0.25) is 24.3 Å². The van der Waals surface area contributed by atoms with Crippen LogP contribution in [0.3, 0.4) is 0 Å². The second-order valence-corrected chi connectivity index (χ2v) is 7.31. The Morgan fingerprint density at radius 1 is 1.06 bits per heavy atom. The van der Waals surface area contributed by atoms with Gasteiger partial charge in [-0.2, -0.15) is 0 Å². The predicted molar refractivity (Wildman–Crippen MR) is 121 cm³/mol. The number of amides is 1. The van der Waals surface area contributed by atoms with Crippen molar-refractivity contribution < 1.29 is 19.2 Å². The summed E-state index contributed by atoms with van der Waals surface area (Å²) in [5, 5.41) is 13.9. The highest BCUT2D eigenvalue weighted by Gasteiger charge is 2.21. The van der Waals surface area contributed by atoms with Gasteiger partial charge in [-0.1, -0.05) is 60.7 Å². The van der Waals surface area contributed by atoms with Crippen LogP contribution in [0, 0.1) is 10.1 Å². The molecule has 0 atom stereocenters. The monoisotopic (exact) mass is 449 g/mol. The SMILES string of the molecule is COC(=O)c1cc([N+](=O)[O-])cn(CC(=O)NCCC(c2ccccc2)c2ccccc2)c1=O. The van der Waals surface area contributed by atoms with Crippen LogP contribution in [-0.2, 0) is 16.1 Å². The van der Waals surface area contributed by atoms with Crippen LogP contribution in [0.2, 0.25) is 0 Å². The number of hydrogen-bond donors (Lipinski definition) is 1. The number of ether oxygens (including phenoxy) is 1. The fourth-order valence-corrected chi connectivity index (χ4v) is 3.56. The molecule has 1 heterocycles. The zero-order chi connectivity index (χ0) is 23.8. The minimum absolute atomic E-state index is 0.0548. The highest BCUT2D eigenvalue weighted by molar-refractivity contribution is 5.89. The molecule has 9 heteroatoms. The molecule has 0 bridgehead atoms.